The van der Waals surface area contributed by atoms with Crippen LogP contribution >= 0.6 is 0 Å². The van der Waals surface area contributed by atoms with Gasteiger partial charge in [0.2, 0.25) is 0 Å². The fourth-order valence-corrected chi connectivity index (χ4v) is 8.77. The minimum absolute atomic E-state index is 0.109. The molecule has 0 fully saturated rings. The molecule has 0 spiro atoms. The van der Waals surface area contributed by atoms with Crippen LogP contribution in [0, 0.1) is 0 Å². The summed E-state index contributed by atoms with van der Waals surface area (Å²) in [6.45, 7) is 9.72. The van der Waals surface area contributed by atoms with Crippen LogP contribution in [0.1, 0.15) is 96.5 Å². The van der Waals surface area contributed by atoms with E-state index in [1.165, 1.54) is 0 Å². The summed E-state index contributed by atoms with van der Waals surface area (Å²) in [6, 6.07) is -29.2. The minimum atomic E-state index is -1.19. The molecule has 0 amide bonds. The third kappa shape index (κ3) is 5.51. The molecule has 0 aliphatic rings. The molecular weight excluding hydrogens is 801 g/mol. The maximum absolute atomic E-state index is 10.7. The highest BCUT2D eigenvalue weighted by atomic mass is 15.2. The standard InChI is InChI=1S/C62H50N4/c1-61(2,3)39-27-31-51-49(35-39)57-53(63(41-19-11-7-12-20-41)42-21-13-8-14-22-42)33-29-45-47-38-56-48(37-55(47)65(51)59(45)57)46-30-34-54(64(43-23-15-9-16-24-43)44-25-17-10-18-26-44)58-50-36-40(62(4,5)6)28-32-52(50)66(56)60(46)58/h7-38H,1-6H3/i7D,8D,9D,10D,11D,12D,13D,14D,15D,16D,17D,18D,19D,20D,21D,22D,23D,24D,25D,26D,27D,28D,29D,30D,31D,32D,33D,34D,35D,36D,37D,38D. The monoisotopic (exact) mass is 883 g/mol. The number of hydrogen-bond donors (Lipinski definition) is 0. The third-order valence-corrected chi connectivity index (χ3v) is 11.7. The molecule has 4 aromatic heterocycles. The molecule has 0 aliphatic carbocycles. The van der Waals surface area contributed by atoms with Crippen LogP contribution in [0.25, 0.3) is 76.2 Å². The summed E-state index contributed by atoms with van der Waals surface area (Å²) in [4.78, 5) is 1.25. The number of hydrogen-bond acceptors (Lipinski definition) is 2. The van der Waals surface area contributed by atoms with Crippen molar-refractivity contribution in [1.29, 1.82) is 0 Å². The summed E-state index contributed by atoms with van der Waals surface area (Å²) in [7, 11) is 0. The van der Waals surface area contributed by atoms with Crippen molar-refractivity contribution in [2.24, 2.45) is 0 Å². The second-order valence-electron chi connectivity index (χ2n) is 17.8. The van der Waals surface area contributed by atoms with Gasteiger partial charge in [0, 0.05) is 65.8 Å². The van der Waals surface area contributed by atoms with Gasteiger partial charge in [0.25, 0.3) is 0 Å². The average molecular weight is 883 g/mol. The first-order valence-electron chi connectivity index (χ1n) is 36.7. The van der Waals surface area contributed by atoms with Crippen LogP contribution in [0.5, 0.6) is 0 Å². The van der Waals surface area contributed by atoms with E-state index in [4.69, 9.17) is 16.4 Å². The molecule has 0 atom stereocenters. The lowest BCUT2D eigenvalue weighted by molar-refractivity contribution is 0.591. The molecule has 0 saturated carbocycles. The Bertz CT molecular complexity index is 5320. The molecular formula is C62H50N4. The van der Waals surface area contributed by atoms with E-state index in [0.29, 0.717) is 9.80 Å². The van der Waals surface area contributed by atoms with Crippen LogP contribution < -0.4 is 9.80 Å². The van der Waals surface area contributed by atoms with Gasteiger partial charge in [0.05, 0.1) is 88.3 Å². The molecule has 0 saturated heterocycles. The van der Waals surface area contributed by atoms with Crippen molar-refractivity contribution in [2.45, 2.75) is 52.4 Å². The van der Waals surface area contributed by atoms with Gasteiger partial charge in [-0.3, -0.25) is 0 Å². The van der Waals surface area contributed by atoms with Gasteiger partial charge in [-0.25, -0.2) is 0 Å². The second-order valence-corrected chi connectivity index (χ2v) is 17.8. The van der Waals surface area contributed by atoms with Gasteiger partial charge in [-0.05, 0) is 119 Å². The molecule has 66 heavy (non-hydrogen) atoms. The Labute approximate surface area is 429 Å². The van der Waals surface area contributed by atoms with Crippen LogP contribution in [0.2, 0.25) is 0 Å². The molecule has 13 rings (SSSR count). The van der Waals surface area contributed by atoms with Crippen molar-refractivity contribution >= 4 is 110 Å². The van der Waals surface area contributed by atoms with Crippen molar-refractivity contribution in [3.05, 3.63) is 204 Å². The molecule has 0 aliphatic heterocycles. The number of para-hydroxylation sites is 4. The van der Waals surface area contributed by atoms with E-state index < -0.39 is 293 Å². The molecule has 0 radical (unpaired) electrons. The Hall–Kier alpha value is -7.82. The van der Waals surface area contributed by atoms with E-state index in [0.717, 1.165) is 8.80 Å². The Morgan fingerprint density at radius 1 is 0.333 bits per heavy atom. The summed E-state index contributed by atoms with van der Waals surface area (Å²) in [5, 5.41) is -3.49. The first kappa shape index (κ1) is 18.2. The van der Waals surface area contributed by atoms with Gasteiger partial charge in [-0.15, -0.1) is 0 Å². The van der Waals surface area contributed by atoms with Crippen LogP contribution in [0.15, 0.2) is 193 Å². The number of fused-ring (bicyclic) bond motifs is 12. The van der Waals surface area contributed by atoms with Gasteiger partial charge in [-0.2, -0.15) is 0 Å². The highest BCUT2D eigenvalue weighted by molar-refractivity contribution is 6.32. The van der Waals surface area contributed by atoms with Crippen molar-refractivity contribution < 1.29 is 43.9 Å². The molecule has 0 unspecified atom stereocenters. The van der Waals surface area contributed by atoms with Crippen LogP contribution in [-0.2, 0) is 10.8 Å². The summed E-state index contributed by atoms with van der Waals surface area (Å²) in [5.74, 6) is 0. The maximum Gasteiger partial charge on any atom is 0.0653 e. The molecule has 318 valence electrons. The van der Waals surface area contributed by atoms with E-state index >= 15 is 0 Å². The maximum atomic E-state index is 10.7. The number of rotatable bonds is 6. The Balaban J connectivity index is 1.36. The van der Waals surface area contributed by atoms with E-state index in [2.05, 4.69) is 0 Å². The Kier molecular flexibility index (Phi) is 3.82. The molecule has 0 bridgehead atoms. The zero-order valence-corrected chi connectivity index (χ0v) is 35.8. The van der Waals surface area contributed by atoms with Crippen LogP contribution in [0.4, 0.5) is 34.1 Å². The van der Waals surface area contributed by atoms with Gasteiger partial charge < -0.3 is 18.6 Å². The number of benzene rings is 9. The quantitative estimate of drug-likeness (QED) is 0.165. The molecule has 4 heterocycles. The van der Waals surface area contributed by atoms with Gasteiger partial charge in [-0.1, -0.05) is 138 Å². The predicted molar refractivity (Wildman–Crippen MR) is 283 cm³/mol. The highest BCUT2D eigenvalue weighted by Gasteiger charge is 2.29. The second kappa shape index (κ2) is 13.8. The lowest BCUT2D eigenvalue weighted by Crippen LogP contribution is -2.11. The van der Waals surface area contributed by atoms with Crippen molar-refractivity contribution in [2.75, 3.05) is 9.80 Å². The van der Waals surface area contributed by atoms with E-state index in [1.807, 2.05) is 0 Å². The molecule has 0 N–H and O–H groups in total. The van der Waals surface area contributed by atoms with Crippen molar-refractivity contribution in [3.8, 4) is 0 Å². The van der Waals surface area contributed by atoms with Crippen molar-refractivity contribution in [1.82, 2.24) is 8.80 Å². The highest BCUT2D eigenvalue weighted by Crippen LogP contribution is 2.52. The first-order valence-corrected chi connectivity index (χ1v) is 20.7. The summed E-state index contributed by atoms with van der Waals surface area (Å²) in [6.07, 6.45) is 0. The van der Waals surface area contributed by atoms with E-state index in [9.17, 15) is 27.4 Å². The first-order chi connectivity index (χ1) is 45.4. The number of nitrogens with zero attached hydrogens (tertiary/aromatic N) is 4. The third-order valence-electron chi connectivity index (χ3n) is 11.7. The van der Waals surface area contributed by atoms with E-state index in [-0.39, 0.29) is 32.9 Å². The zero-order chi connectivity index (χ0) is 72.5. The van der Waals surface area contributed by atoms with Gasteiger partial charge in [0.15, 0.2) is 0 Å². The SMILES string of the molecule is [2H]c1c([2H])c([2H])c(N(c2c([2H])c([2H])c([2H])c([2H])c2[2H])c2c([2H])c([2H])c3c4c([2H])c5c(c([2H])c4n4c6c([2H])c([2H])c(C(C)(C)C)c([2H])c6c2c34)c2c([2H])c([2H])c(N(c3c([2H])c([2H])c([2H])c([2H])c3[2H])c3c([2H])c([2H])c([2H])c([2H])c3[2H])c3c4c([2H])c(C(C)(C)C)c([2H])c([2H])c4n5c23)c([2H])c1[2H]. The summed E-state index contributed by atoms with van der Waals surface area (Å²) in [5.41, 5.74) is -10.4. The summed E-state index contributed by atoms with van der Waals surface area (Å²) >= 11 is 0. The zero-order valence-electron chi connectivity index (χ0n) is 67.8. The Morgan fingerprint density at radius 3 is 0.985 bits per heavy atom. The van der Waals surface area contributed by atoms with Crippen LogP contribution in [0.3, 0.4) is 0 Å². The van der Waals surface area contributed by atoms with Gasteiger partial charge in [0.1, 0.15) is 0 Å². The molecule has 9 aromatic carbocycles. The number of aromatic nitrogens is 2. The van der Waals surface area contributed by atoms with Crippen LogP contribution in [-0.4, -0.2) is 8.80 Å². The molecule has 4 heteroatoms. The summed E-state index contributed by atoms with van der Waals surface area (Å²) < 4.78 is 305. The normalized spacial score (nSPS) is 19.5. The largest absolute Gasteiger partial charge is 0.310 e. The lowest BCUT2D eigenvalue weighted by Gasteiger charge is -2.26. The number of anilines is 6. The smallest absolute Gasteiger partial charge is 0.0653 e. The molecule has 13 aromatic rings. The minimum Gasteiger partial charge on any atom is -0.310 e. The Morgan fingerprint density at radius 2 is 0.667 bits per heavy atom. The van der Waals surface area contributed by atoms with Gasteiger partial charge >= 0.3 is 0 Å². The molecule has 4 nitrogen and oxygen atoms in total. The predicted octanol–water partition coefficient (Wildman–Crippen LogP) is 17.5. The fraction of sp³-hybridized carbons (Fsp3) is 0.129. The topological polar surface area (TPSA) is 15.3 Å². The average Bonchev–Trinajstić information content (AvgIpc) is 1.48. The fourth-order valence-electron chi connectivity index (χ4n) is 8.77. The van der Waals surface area contributed by atoms with Crippen molar-refractivity contribution in [3.63, 3.8) is 0 Å². The van der Waals surface area contributed by atoms with E-state index in [1.54, 1.807) is 41.5 Å². The lowest BCUT2D eigenvalue weighted by atomic mass is 9.86.